The standard InChI is InChI=1S/C14H19N3O/c1-9-3-11(5-15-4-9)14(18)17-8-12-6-16-7-13(12)10(17)2/h3-5,10,12-13,16H,6-8H2,1-2H3. The molecule has 0 aliphatic carbocycles. The van der Waals surface area contributed by atoms with E-state index in [-0.39, 0.29) is 5.91 Å². The van der Waals surface area contributed by atoms with Crippen LogP contribution < -0.4 is 5.32 Å². The van der Waals surface area contributed by atoms with Crippen molar-refractivity contribution in [3.8, 4) is 0 Å². The van der Waals surface area contributed by atoms with Crippen LogP contribution in [0.3, 0.4) is 0 Å². The predicted octanol–water partition coefficient (Wildman–Crippen LogP) is 1.07. The van der Waals surface area contributed by atoms with Gasteiger partial charge in [0, 0.05) is 38.1 Å². The van der Waals surface area contributed by atoms with Crippen molar-refractivity contribution in [3.05, 3.63) is 29.6 Å². The summed E-state index contributed by atoms with van der Waals surface area (Å²) in [6.07, 6.45) is 3.46. The molecule has 96 valence electrons. The maximum absolute atomic E-state index is 12.5. The highest BCUT2D eigenvalue weighted by Crippen LogP contribution is 2.33. The average Bonchev–Trinajstić information content (AvgIpc) is 2.92. The molecule has 0 spiro atoms. The van der Waals surface area contributed by atoms with Gasteiger partial charge in [-0.05, 0) is 37.3 Å². The van der Waals surface area contributed by atoms with Crippen molar-refractivity contribution in [3.63, 3.8) is 0 Å². The second kappa shape index (κ2) is 4.35. The van der Waals surface area contributed by atoms with Gasteiger partial charge in [-0.3, -0.25) is 9.78 Å². The number of nitrogens with one attached hydrogen (secondary N) is 1. The highest BCUT2D eigenvalue weighted by Gasteiger charge is 2.43. The van der Waals surface area contributed by atoms with Crippen molar-refractivity contribution in [2.45, 2.75) is 19.9 Å². The fourth-order valence-electron chi connectivity index (χ4n) is 3.27. The zero-order valence-corrected chi connectivity index (χ0v) is 10.9. The lowest BCUT2D eigenvalue weighted by molar-refractivity contribution is 0.0728. The Kier molecular flexibility index (Phi) is 2.82. The molecule has 1 aromatic rings. The zero-order valence-electron chi connectivity index (χ0n) is 10.9. The Balaban J connectivity index is 1.81. The van der Waals surface area contributed by atoms with E-state index in [0.717, 1.165) is 30.8 Å². The lowest BCUT2D eigenvalue weighted by Crippen LogP contribution is -2.38. The molecule has 4 heteroatoms. The number of hydrogen-bond donors (Lipinski definition) is 1. The molecule has 1 amide bonds. The molecule has 2 fully saturated rings. The smallest absolute Gasteiger partial charge is 0.255 e. The number of hydrogen-bond acceptors (Lipinski definition) is 3. The van der Waals surface area contributed by atoms with E-state index in [4.69, 9.17) is 0 Å². The molecular formula is C14H19N3O. The summed E-state index contributed by atoms with van der Waals surface area (Å²) in [7, 11) is 0. The number of aryl methyl sites for hydroxylation is 1. The van der Waals surface area contributed by atoms with Gasteiger partial charge in [0.1, 0.15) is 0 Å². The first-order valence-electron chi connectivity index (χ1n) is 6.60. The fraction of sp³-hybridized carbons (Fsp3) is 0.571. The van der Waals surface area contributed by atoms with Gasteiger partial charge in [0.2, 0.25) is 0 Å². The lowest BCUT2D eigenvalue weighted by Gasteiger charge is -2.24. The van der Waals surface area contributed by atoms with Crippen molar-refractivity contribution in [2.75, 3.05) is 19.6 Å². The maximum atomic E-state index is 12.5. The van der Waals surface area contributed by atoms with Gasteiger partial charge in [0.25, 0.3) is 5.91 Å². The Hall–Kier alpha value is -1.42. The number of rotatable bonds is 1. The third-order valence-electron chi connectivity index (χ3n) is 4.32. The molecule has 0 bridgehead atoms. The van der Waals surface area contributed by atoms with Crippen molar-refractivity contribution in [2.24, 2.45) is 11.8 Å². The predicted molar refractivity (Wildman–Crippen MR) is 69.3 cm³/mol. The van der Waals surface area contributed by atoms with E-state index in [1.807, 2.05) is 17.9 Å². The van der Waals surface area contributed by atoms with Crippen LogP contribution in [0.25, 0.3) is 0 Å². The number of carbonyl (C=O) groups excluding carboxylic acids is 1. The number of pyridine rings is 1. The fourth-order valence-corrected chi connectivity index (χ4v) is 3.27. The minimum absolute atomic E-state index is 0.133. The van der Waals surface area contributed by atoms with Crippen molar-refractivity contribution in [1.82, 2.24) is 15.2 Å². The van der Waals surface area contributed by atoms with E-state index >= 15 is 0 Å². The maximum Gasteiger partial charge on any atom is 0.255 e. The molecule has 1 aromatic heterocycles. The first-order valence-corrected chi connectivity index (χ1v) is 6.60. The van der Waals surface area contributed by atoms with E-state index in [2.05, 4.69) is 17.2 Å². The largest absolute Gasteiger partial charge is 0.335 e. The van der Waals surface area contributed by atoms with Crippen LogP contribution in [0, 0.1) is 18.8 Å². The Bertz CT molecular complexity index is 474. The normalized spacial score (nSPS) is 30.6. The van der Waals surface area contributed by atoms with E-state index in [1.165, 1.54) is 0 Å². The summed E-state index contributed by atoms with van der Waals surface area (Å²) >= 11 is 0. The highest BCUT2D eigenvalue weighted by atomic mass is 16.2. The number of aromatic nitrogens is 1. The van der Waals surface area contributed by atoms with E-state index in [0.29, 0.717) is 17.9 Å². The molecule has 0 radical (unpaired) electrons. The molecule has 18 heavy (non-hydrogen) atoms. The van der Waals surface area contributed by atoms with Crippen LogP contribution in [0.4, 0.5) is 0 Å². The van der Waals surface area contributed by atoms with E-state index < -0.39 is 0 Å². The highest BCUT2D eigenvalue weighted by molar-refractivity contribution is 5.94. The number of likely N-dealkylation sites (tertiary alicyclic amines) is 1. The molecule has 4 nitrogen and oxygen atoms in total. The van der Waals surface area contributed by atoms with E-state index in [1.54, 1.807) is 12.4 Å². The zero-order chi connectivity index (χ0) is 12.7. The van der Waals surface area contributed by atoms with Gasteiger partial charge in [0.15, 0.2) is 0 Å². The van der Waals surface area contributed by atoms with Gasteiger partial charge < -0.3 is 10.2 Å². The van der Waals surface area contributed by atoms with Gasteiger partial charge in [-0.15, -0.1) is 0 Å². The number of carbonyl (C=O) groups is 1. The molecule has 0 aromatic carbocycles. The molecule has 2 saturated heterocycles. The molecule has 2 aliphatic rings. The monoisotopic (exact) mass is 245 g/mol. The minimum Gasteiger partial charge on any atom is -0.335 e. The summed E-state index contributed by atoms with van der Waals surface area (Å²) in [6.45, 7) is 7.10. The van der Waals surface area contributed by atoms with Gasteiger partial charge in [-0.2, -0.15) is 0 Å². The summed E-state index contributed by atoms with van der Waals surface area (Å²) in [5.74, 6) is 1.38. The molecular weight excluding hydrogens is 226 g/mol. The molecule has 3 rings (SSSR count). The minimum atomic E-state index is 0.133. The van der Waals surface area contributed by atoms with Crippen LogP contribution in [0.5, 0.6) is 0 Å². The quantitative estimate of drug-likeness (QED) is 0.805. The molecule has 3 heterocycles. The lowest BCUT2D eigenvalue weighted by atomic mass is 9.95. The Morgan fingerprint density at radius 1 is 1.44 bits per heavy atom. The molecule has 3 atom stereocenters. The molecule has 0 saturated carbocycles. The summed E-state index contributed by atoms with van der Waals surface area (Å²) in [5.41, 5.74) is 1.75. The number of nitrogens with zero attached hydrogens (tertiary/aromatic N) is 2. The summed E-state index contributed by atoms with van der Waals surface area (Å²) in [4.78, 5) is 18.6. The Morgan fingerprint density at radius 3 is 3.00 bits per heavy atom. The van der Waals surface area contributed by atoms with Crippen LogP contribution >= 0.6 is 0 Å². The van der Waals surface area contributed by atoms with Gasteiger partial charge >= 0.3 is 0 Å². The number of fused-ring (bicyclic) bond motifs is 1. The van der Waals surface area contributed by atoms with E-state index in [9.17, 15) is 4.79 Å². The Labute approximate surface area is 107 Å². The SMILES string of the molecule is Cc1cncc(C(=O)N2CC3CNCC3C2C)c1. The third-order valence-corrected chi connectivity index (χ3v) is 4.32. The molecule has 1 N–H and O–H groups in total. The second-order valence-corrected chi connectivity index (χ2v) is 5.53. The second-order valence-electron chi connectivity index (χ2n) is 5.53. The van der Waals surface area contributed by atoms with Crippen molar-refractivity contribution >= 4 is 5.91 Å². The number of amides is 1. The average molecular weight is 245 g/mol. The van der Waals surface area contributed by atoms with Crippen LogP contribution in [-0.2, 0) is 0 Å². The van der Waals surface area contributed by atoms with Crippen molar-refractivity contribution < 1.29 is 4.79 Å². The first-order chi connectivity index (χ1) is 8.66. The van der Waals surface area contributed by atoms with Gasteiger partial charge in [-0.1, -0.05) is 0 Å². The molecule has 3 unspecified atom stereocenters. The van der Waals surface area contributed by atoms with Crippen LogP contribution in [0.1, 0.15) is 22.8 Å². The van der Waals surface area contributed by atoms with Crippen LogP contribution in [-0.4, -0.2) is 41.5 Å². The third kappa shape index (κ3) is 1.81. The van der Waals surface area contributed by atoms with Gasteiger partial charge in [0.05, 0.1) is 5.56 Å². The molecule has 2 aliphatic heterocycles. The van der Waals surface area contributed by atoms with Crippen LogP contribution in [0.2, 0.25) is 0 Å². The topological polar surface area (TPSA) is 45.2 Å². The van der Waals surface area contributed by atoms with Crippen molar-refractivity contribution in [1.29, 1.82) is 0 Å². The van der Waals surface area contributed by atoms with Crippen LogP contribution in [0.15, 0.2) is 18.5 Å². The summed E-state index contributed by atoms with van der Waals surface area (Å²) < 4.78 is 0. The first kappa shape index (κ1) is 11.7. The summed E-state index contributed by atoms with van der Waals surface area (Å²) in [5, 5.41) is 3.41. The Morgan fingerprint density at radius 2 is 2.28 bits per heavy atom. The summed E-state index contributed by atoms with van der Waals surface area (Å²) in [6, 6.07) is 2.26. The van der Waals surface area contributed by atoms with Gasteiger partial charge in [-0.25, -0.2) is 0 Å².